The van der Waals surface area contributed by atoms with Gasteiger partial charge in [0.05, 0.1) is 12.5 Å². The number of amides is 3. The van der Waals surface area contributed by atoms with Gasteiger partial charge in [0.25, 0.3) is 0 Å². The molecule has 30 heavy (non-hydrogen) atoms. The quantitative estimate of drug-likeness (QED) is 0.756. The molecule has 0 aromatic heterocycles. The maximum absolute atomic E-state index is 13.7. The largest absolute Gasteiger partial charge is 0.338 e. The zero-order valence-corrected chi connectivity index (χ0v) is 16.6. The van der Waals surface area contributed by atoms with Gasteiger partial charge >= 0.3 is 0 Å². The first-order valence-electron chi connectivity index (χ1n) is 9.73. The first-order chi connectivity index (χ1) is 14.4. The van der Waals surface area contributed by atoms with Crippen LogP contribution in [0.5, 0.6) is 0 Å². The lowest BCUT2D eigenvalue weighted by Crippen LogP contribution is -2.42. The van der Waals surface area contributed by atoms with Gasteiger partial charge in [0, 0.05) is 26.1 Å². The van der Waals surface area contributed by atoms with Crippen LogP contribution in [0.4, 0.5) is 14.5 Å². The summed E-state index contributed by atoms with van der Waals surface area (Å²) in [4.78, 5) is 40.4. The van der Waals surface area contributed by atoms with Gasteiger partial charge in [0.15, 0.2) is 0 Å². The van der Waals surface area contributed by atoms with E-state index in [1.54, 1.807) is 11.8 Å². The summed E-state index contributed by atoms with van der Waals surface area (Å²) in [7, 11) is 0. The third kappa shape index (κ3) is 5.00. The lowest BCUT2D eigenvalue weighted by atomic mass is 10.1. The molecule has 1 atom stereocenters. The van der Waals surface area contributed by atoms with Crippen molar-refractivity contribution in [2.75, 3.05) is 25.0 Å². The fourth-order valence-electron chi connectivity index (χ4n) is 3.47. The van der Waals surface area contributed by atoms with Crippen LogP contribution < -0.4 is 5.32 Å². The number of rotatable bonds is 7. The summed E-state index contributed by atoms with van der Waals surface area (Å²) in [5, 5.41) is 2.18. The second kappa shape index (κ2) is 9.47. The highest BCUT2D eigenvalue weighted by molar-refractivity contribution is 5.96. The topological polar surface area (TPSA) is 69.7 Å². The van der Waals surface area contributed by atoms with E-state index in [1.807, 2.05) is 30.3 Å². The number of likely N-dealkylation sites (N-methyl/N-ethyl adjacent to an activating group) is 1. The number of halogens is 2. The first kappa shape index (κ1) is 21.4. The summed E-state index contributed by atoms with van der Waals surface area (Å²) in [6.07, 6.45) is 0.0751. The predicted octanol–water partition coefficient (Wildman–Crippen LogP) is 2.80. The fourth-order valence-corrected chi connectivity index (χ4v) is 3.47. The van der Waals surface area contributed by atoms with Gasteiger partial charge in [-0.3, -0.25) is 14.4 Å². The number of nitrogens with zero attached hydrogens (tertiary/aromatic N) is 2. The van der Waals surface area contributed by atoms with Gasteiger partial charge in [-0.2, -0.15) is 0 Å². The van der Waals surface area contributed by atoms with E-state index < -0.39 is 29.1 Å². The predicted molar refractivity (Wildman–Crippen MR) is 107 cm³/mol. The van der Waals surface area contributed by atoms with E-state index in [9.17, 15) is 23.2 Å². The molecule has 2 aromatic rings. The second-order valence-corrected chi connectivity index (χ2v) is 7.16. The Hall–Kier alpha value is -3.29. The number of likely N-dealkylation sites (tertiary alicyclic amines) is 1. The SMILES string of the molecule is CCN(CC(=O)Nc1c(F)cccc1F)C(=O)[C@@H]1CC(=O)N(Cc2ccccc2)C1. The number of hydrogen-bond acceptors (Lipinski definition) is 3. The lowest BCUT2D eigenvalue weighted by Gasteiger charge is -2.24. The summed E-state index contributed by atoms with van der Waals surface area (Å²) in [6.45, 7) is 2.27. The van der Waals surface area contributed by atoms with Crippen molar-refractivity contribution >= 4 is 23.4 Å². The van der Waals surface area contributed by atoms with Crippen LogP contribution in [0.25, 0.3) is 0 Å². The molecule has 1 heterocycles. The van der Waals surface area contributed by atoms with Crippen LogP contribution in [0, 0.1) is 17.6 Å². The molecular weight excluding hydrogens is 392 g/mol. The Morgan fingerprint density at radius 3 is 2.40 bits per heavy atom. The molecule has 1 N–H and O–H groups in total. The van der Waals surface area contributed by atoms with Crippen molar-refractivity contribution in [2.45, 2.75) is 19.9 Å². The van der Waals surface area contributed by atoms with Crippen LogP contribution in [0.1, 0.15) is 18.9 Å². The summed E-state index contributed by atoms with van der Waals surface area (Å²) >= 11 is 0. The number of nitrogens with one attached hydrogen (secondary N) is 1. The molecule has 0 radical (unpaired) electrons. The van der Waals surface area contributed by atoms with Crippen LogP contribution in [-0.4, -0.2) is 47.2 Å². The summed E-state index contributed by atoms with van der Waals surface area (Å²) < 4.78 is 27.4. The summed E-state index contributed by atoms with van der Waals surface area (Å²) in [6, 6.07) is 12.7. The van der Waals surface area contributed by atoms with Crippen LogP contribution in [-0.2, 0) is 20.9 Å². The summed E-state index contributed by atoms with van der Waals surface area (Å²) in [5.41, 5.74) is 0.425. The van der Waals surface area contributed by atoms with E-state index in [0.717, 1.165) is 17.7 Å². The smallest absolute Gasteiger partial charge is 0.244 e. The zero-order valence-electron chi connectivity index (χ0n) is 16.6. The highest BCUT2D eigenvalue weighted by Gasteiger charge is 2.36. The molecule has 0 unspecified atom stereocenters. The Morgan fingerprint density at radius 2 is 1.77 bits per heavy atom. The molecule has 0 aliphatic carbocycles. The molecule has 3 amide bonds. The Labute approximate surface area is 173 Å². The molecule has 0 saturated carbocycles. The van der Waals surface area contributed by atoms with Crippen molar-refractivity contribution < 1.29 is 23.2 Å². The minimum Gasteiger partial charge on any atom is -0.338 e. The number of anilines is 1. The highest BCUT2D eigenvalue weighted by atomic mass is 19.1. The number of carbonyl (C=O) groups is 3. The van der Waals surface area contributed by atoms with Crippen LogP contribution in [0.3, 0.4) is 0 Å². The van der Waals surface area contributed by atoms with Gasteiger partial charge in [-0.15, -0.1) is 0 Å². The maximum atomic E-state index is 13.7. The maximum Gasteiger partial charge on any atom is 0.244 e. The minimum atomic E-state index is -0.893. The molecular formula is C22H23F2N3O3. The van der Waals surface area contributed by atoms with Crippen LogP contribution in [0.2, 0.25) is 0 Å². The highest BCUT2D eigenvalue weighted by Crippen LogP contribution is 2.23. The third-order valence-corrected chi connectivity index (χ3v) is 5.04. The lowest BCUT2D eigenvalue weighted by molar-refractivity contribution is -0.138. The van der Waals surface area contributed by atoms with E-state index in [0.29, 0.717) is 6.54 Å². The van der Waals surface area contributed by atoms with Crippen molar-refractivity contribution in [1.82, 2.24) is 9.80 Å². The second-order valence-electron chi connectivity index (χ2n) is 7.16. The number of hydrogen-bond donors (Lipinski definition) is 1. The summed E-state index contributed by atoms with van der Waals surface area (Å²) in [5.74, 6) is -3.50. The van der Waals surface area contributed by atoms with E-state index in [4.69, 9.17) is 0 Å². The molecule has 2 aromatic carbocycles. The van der Waals surface area contributed by atoms with Crippen LogP contribution in [0.15, 0.2) is 48.5 Å². The normalized spacial score (nSPS) is 15.9. The first-order valence-corrected chi connectivity index (χ1v) is 9.73. The molecule has 0 spiro atoms. The van der Waals surface area contributed by atoms with Gasteiger partial charge in [-0.1, -0.05) is 36.4 Å². The molecule has 6 nitrogen and oxygen atoms in total. The van der Waals surface area contributed by atoms with Gasteiger partial charge < -0.3 is 15.1 Å². The Morgan fingerprint density at radius 1 is 1.10 bits per heavy atom. The Bertz CT molecular complexity index is 916. The minimum absolute atomic E-state index is 0.0751. The molecule has 1 aliphatic rings. The van der Waals surface area contributed by atoms with Crippen LogP contribution >= 0.6 is 0 Å². The molecule has 1 aliphatic heterocycles. The van der Waals surface area contributed by atoms with Crippen molar-refractivity contribution in [2.24, 2.45) is 5.92 Å². The van der Waals surface area contributed by atoms with E-state index in [-0.39, 0.29) is 37.9 Å². The molecule has 8 heteroatoms. The molecule has 158 valence electrons. The van der Waals surface area contributed by atoms with E-state index >= 15 is 0 Å². The monoisotopic (exact) mass is 415 g/mol. The van der Waals surface area contributed by atoms with Gasteiger partial charge in [-0.05, 0) is 24.6 Å². The van der Waals surface area contributed by atoms with Crippen molar-refractivity contribution in [1.29, 1.82) is 0 Å². The molecule has 1 saturated heterocycles. The molecule has 3 rings (SSSR count). The van der Waals surface area contributed by atoms with Crippen molar-refractivity contribution in [3.63, 3.8) is 0 Å². The Balaban J connectivity index is 1.60. The van der Waals surface area contributed by atoms with Gasteiger partial charge in [0.1, 0.15) is 17.3 Å². The number of carbonyl (C=O) groups excluding carboxylic acids is 3. The van der Waals surface area contributed by atoms with Gasteiger partial charge in [-0.25, -0.2) is 8.78 Å². The van der Waals surface area contributed by atoms with E-state index in [1.165, 1.54) is 11.0 Å². The zero-order chi connectivity index (χ0) is 21.7. The Kier molecular flexibility index (Phi) is 6.76. The molecule has 1 fully saturated rings. The number of benzene rings is 2. The number of para-hydroxylation sites is 1. The molecule has 0 bridgehead atoms. The van der Waals surface area contributed by atoms with Crippen molar-refractivity contribution in [3.8, 4) is 0 Å². The van der Waals surface area contributed by atoms with E-state index in [2.05, 4.69) is 5.32 Å². The van der Waals surface area contributed by atoms with Crippen molar-refractivity contribution in [3.05, 3.63) is 65.7 Å². The average Bonchev–Trinajstić information content (AvgIpc) is 3.09. The average molecular weight is 415 g/mol. The van der Waals surface area contributed by atoms with Gasteiger partial charge in [0.2, 0.25) is 17.7 Å². The standard InChI is InChI=1S/C22H23F2N3O3/c1-2-26(14-19(28)25-21-17(23)9-6-10-18(21)24)22(30)16-11-20(29)27(13-16)12-15-7-4-3-5-8-15/h3-10,16H,2,11-14H2,1H3,(H,25,28)/t16-/m1/s1. The third-order valence-electron chi connectivity index (χ3n) is 5.04. The fraction of sp³-hybridized carbons (Fsp3) is 0.318.